The molecule has 0 spiro atoms. The number of hydrogen-bond donors (Lipinski definition) is 1. The number of hydrogen-bond acceptors (Lipinski definition) is 3. The van der Waals surface area contributed by atoms with E-state index in [9.17, 15) is 4.79 Å². The lowest BCUT2D eigenvalue weighted by molar-refractivity contribution is 0.0498. The van der Waals surface area contributed by atoms with E-state index in [0.29, 0.717) is 12.4 Å². The Kier molecular flexibility index (Phi) is 4.08. The quantitative estimate of drug-likeness (QED) is 0.808. The van der Waals surface area contributed by atoms with Crippen LogP contribution in [0.4, 0.5) is 0 Å². The molecule has 1 atom stereocenters. The van der Waals surface area contributed by atoms with Gasteiger partial charge in [0.1, 0.15) is 6.10 Å². The highest BCUT2D eigenvalue weighted by Gasteiger charge is 2.19. The van der Waals surface area contributed by atoms with E-state index in [2.05, 4.69) is 10.2 Å². The molecule has 15 heavy (non-hydrogen) atoms. The zero-order chi connectivity index (χ0) is 11.4. The second-order valence-electron chi connectivity index (χ2n) is 3.70. The van der Waals surface area contributed by atoms with Crippen molar-refractivity contribution in [2.75, 3.05) is 6.61 Å². The van der Waals surface area contributed by atoms with Crippen LogP contribution >= 0.6 is 0 Å². The average Bonchev–Trinajstić information content (AvgIpc) is 2.56. The van der Waals surface area contributed by atoms with E-state index in [-0.39, 0.29) is 17.8 Å². The van der Waals surface area contributed by atoms with Crippen molar-refractivity contribution in [1.82, 2.24) is 14.8 Å². The van der Waals surface area contributed by atoms with Crippen molar-refractivity contribution in [3.8, 4) is 0 Å². The van der Waals surface area contributed by atoms with Gasteiger partial charge in [0.15, 0.2) is 5.82 Å². The minimum atomic E-state index is -0.168. The highest BCUT2D eigenvalue weighted by Crippen LogP contribution is 2.19. The molecule has 1 rings (SSSR count). The van der Waals surface area contributed by atoms with Gasteiger partial charge in [0.05, 0.1) is 0 Å². The van der Waals surface area contributed by atoms with E-state index in [1.54, 1.807) is 4.57 Å². The van der Waals surface area contributed by atoms with Crippen LogP contribution < -0.4 is 5.69 Å². The van der Waals surface area contributed by atoms with Crippen LogP contribution in [0.15, 0.2) is 4.79 Å². The molecule has 0 aliphatic heterocycles. The van der Waals surface area contributed by atoms with Crippen LogP contribution in [-0.2, 0) is 4.74 Å². The number of rotatable bonds is 5. The van der Waals surface area contributed by atoms with Gasteiger partial charge in [-0.15, -0.1) is 0 Å². The number of aromatic amines is 1. The second-order valence-corrected chi connectivity index (χ2v) is 3.70. The maximum Gasteiger partial charge on any atom is 0.343 e. The third-order valence-electron chi connectivity index (χ3n) is 2.27. The molecule has 5 nitrogen and oxygen atoms in total. The first-order chi connectivity index (χ1) is 7.11. The Labute approximate surface area is 89.5 Å². The number of ether oxygens (including phenoxy) is 1. The summed E-state index contributed by atoms with van der Waals surface area (Å²) in [6.07, 6.45) is 0.710. The van der Waals surface area contributed by atoms with Crippen LogP contribution in [0.5, 0.6) is 0 Å². The van der Waals surface area contributed by atoms with Crippen LogP contribution in [0.25, 0.3) is 0 Å². The van der Waals surface area contributed by atoms with Gasteiger partial charge in [0.2, 0.25) is 0 Å². The van der Waals surface area contributed by atoms with Gasteiger partial charge in [-0.25, -0.2) is 9.89 Å². The molecular formula is C10H19N3O2. The minimum Gasteiger partial charge on any atom is -0.371 e. The predicted octanol–water partition coefficient (Wildman–Crippen LogP) is 1.64. The molecule has 86 valence electrons. The Morgan fingerprint density at radius 1 is 1.47 bits per heavy atom. The summed E-state index contributed by atoms with van der Waals surface area (Å²) in [5.41, 5.74) is -0.168. The first-order valence-electron chi connectivity index (χ1n) is 5.40. The zero-order valence-corrected chi connectivity index (χ0v) is 9.78. The van der Waals surface area contributed by atoms with Crippen LogP contribution in [0.2, 0.25) is 0 Å². The molecule has 0 saturated heterocycles. The lowest BCUT2D eigenvalue weighted by atomic mass is 10.2. The fourth-order valence-electron chi connectivity index (χ4n) is 1.62. The number of aromatic nitrogens is 3. The molecule has 0 fully saturated rings. The van der Waals surface area contributed by atoms with Crippen LogP contribution in [0, 0.1) is 0 Å². The van der Waals surface area contributed by atoms with E-state index in [0.717, 1.165) is 6.42 Å². The smallest absolute Gasteiger partial charge is 0.343 e. The number of nitrogens with zero attached hydrogens (tertiary/aromatic N) is 2. The van der Waals surface area contributed by atoms with E-state index >= 15 is 0 Å². The summed E-state index contributed by atoms with van der Waals surface area (Å²) >= 11 is 0. The summed E-state index contributed by atoms with van der Waals surface area (Å²) in [7, 11) is 0. The summed E-state index contributed by atoms with van der Waals surface area (Å²) in [6.45, 7) is 8.49. The van der Waals surface area contributed by atoms with Crippen LogP contribution in [0.3, 0.4) is 0 Å². The van der Waals surface area contributed by atoms with Crippen molar-refractivity contribution in [2.45, 2.75) is 46.3 Å². The Morgan fingerprint density at radius 2 is 2.13 bits per heavy atom. The van der Waals surface area contributed by atoms with Crippen molar-refractivity contribution < 1.29 is 4.74 Å². The molecule has 0 unspecified atom stereocenters. The van der Waals surface area contributed by atoms with Gasteiger partial charge in [-0.3, -0.25) is 4.57 Å². The van der Waals surface area contributed by atoms with Crippen molar-refractivity contribution in [3.63, 3.8) is 0 Å². The monoisotopic (exact) mass is 213 g/mol. The molecule has 1 aromatic rings. The molecule has 0 amide bonds. The van der Waals surface area contributed by atoms with Crippen molar-refractivity contribution >= 4 is 0 Å². The topological polar surface area (TPSA) is 59.9 Å². The lowest BCUT2D eigenvalue weighted by Gasteiger charge is -2.16. The molecule has 0 aliphatic rings. The molecule has 0 aliphatic carbocycles. The lowest BCUT2D eigenvalue weighted by Crippen LogP contribution is -2.22. The highest BCUT2D eigenvalue weighted by atomic mass is 16.5. The molecular weight excluding hydrogens is 194 g/mol. The Morgan fingerprint density at radius 3 is 2.60 bits per heavy atom. The summed E-state index contributed by atoms with van der Waals surface area (Å²) < 4.78 is 7.18. The molecule has 0 saturated carbocycles. The maximum absolute atomic E-state index is 11.5. The Balaban J connectivity index is 3.06. The molecule has 0 radical (unpaired) electrons. The fourth-order valence-corrected chi connectivity index (χ4v) is 1.62. The summed E-state index contributed by atoms with van der Waals surface area (Å²) in [5, 5.41) is 6.50. The summed E-state index contributed by atoms with van der Waals surface area (Å²) in [4.78, 5) is 11.5. The largest absolute Gasteiger partial charge is 0.371 e. The number of nitrogens with one attached hydrogen (secondary N) is 1. The van der Waals surface area contributed by atoms with Crippen LogP contribution in [0.1, 0.15) is 52.1 Å². The molecule has 0 aromatic carbocycles. The van der Waals surface area contributed by atoms with E-state index in [1.807, 2.05) is 27.7 Å². The van der Waals surface area contributed by atoms with Gasteiger partial charge < -0.3 is 4.74 Å². The molecule has 5 heteroatoms. The van der Waals surface area contributed by atoms with Gasteiger partial charge in [-0.2, -0.15) is 5.10 Å². The van der Waals surface area contributed by atoms with Crippen molar-refractivity contribution in [3.05, 3.63) is 16.3 Å². The molecule has 0 bridgehead atoms. The average molecular weight is 213 g/mol. The third-order valence-corrected chi connectivity index (χ3v) is 2.27. The van der Waals surface area contributed by atoms with Gasteiger partial charge in [-0.05, 0) is 27.2 Å². The van der Waals surface area contributed by atoms with Crippen LogP contribution in [-0.4, -0.2) is 21.4 Å². The minimum absolute atomic E-state index is 0.0979. The van der Waals surface area contributed by atoms with Crippen molar-refractivity contribution in [2.24, 2.45) is 0 Å². The van der Waals surface area contributed by atoms with E-state index in [1.165, 1.54) is 0 Å². The molecule has 1 N–H and O–H groups in total. The van der Waals surface area contributed by atoms with Gasteiger partial charge in [0.25, 0.3) is 0 Å². The fraction of sp³-hybridized carbons (Fsp3) is 0.800. The highest BCUT2D eigenvalue weighted by molar-refractivity contribution is 4.93. The SMILES string of the molecule is CCO[C@@H](CC)c1n[nH]c(=O)n1C(C)C. The predicted molar refractivity (Wildman–Crippen MR) is 57.9 cm³/mol. The molecule has 1 aromatic heterocycles. The Bertz CT molecular complexity index is 354. The van der Waals surface area contributed by atoms with E-state index < -0.39 is 0 Å². The summed E-state index contributed by atoms with van der Waals surface area (Å²) in [6, 6.07) is 0.0979. The molecule has 1 heterocycles. The van der Waals surface area contributed by atoms with Gasteiger partial charge in [0, 0.05) is 12.6 Å². The van der Waals surface area contributed by atoms with Gasteiger partial charge in [-0.1, -0.05) is 6.92 Å². The Hall–Kier alpha value is -1.10. The first kappa shape index (κ1) is 12.0. The second kappa shape index (κ2) is 5.11. The van der Waals surface area contributed by atoms with E-state index in [4.69, 9.17) is 4.74 Å². The van der Waals surface area contributed by atoms with Crippen molar-refractivity contribution in [1.29, 1.82) is 0 Å². The number of H-pyrrole nitrogens is 1. The standard InChI is InChI=1S/C10H19N3O2/c1-5-8(15-6-2)9-11-12-10(14)13(9)7(3)4/h7-8H,5-6H2,1-4H3,(H,12,14)/t8-/m0/s1. The maximum atomic E-state index is 11.5. The third kappa shape index (κ3) is 2.47. The summed E-state index contributed by atoms with van der Waals surface area (Å²) in [5.74, 6) is 0.694. The zero-order valence-electron chi connectivity index (χ0n) is 9.78. The first-order valence-corrected chi connectivity index (χ1v) is 5.40. The normalized spacial score (nSPS) is 13.4. The van der Waals surface area contributed by atoms with Gasteiger partial charge >= 0.3 is 5.69 Å².